The van der Waals surface area contributed by atoms with Crippen molar-refractivity contribution in [2.75, 3.05) is 13.1 Å². The van der Waals surface area contributed by atoms with E-state index >= 15 is 0 Å². The molecule has 0 amide bonds. The Labute approximate surface area is 127 Å². The van der Waals surface area contributed by atoms with Crippen molar-refractivity contribution in [3.8, 4) is 0 Å². The molecule has 1 saturated carbocycles. The third-order valence-electron chi connectivity index (χ3n) is 4.44. The second-order valence-corrected chi connectivity index (χ2v) is 7.99. The molecule has 1 saturated heterocycles. The number of sulfonamides is 1. The summed E-state index contributed by atoms with van der Waals surface area (Å²) in [5.41, 5.74) is -0.378. The van der Waals surface area contributed by atoms with Gasteiger partial charge in [0.1, 0.15) is 5.02 Å². The largest absolute Gasteiger partial charge is 0.289 e. The van der Waals surface area contributed by atoms with Crippen LogP contribution in [-0.2, 0) is 10.0 Å². The first-order valence-corrected chi connectivity index (χ1v) is 8.65. The van der Waals surface area contributed by atoms with Crippen LogP contribution in [0.2, 0.25) is 5.02 Å². The van der Waals surface area contributed by atoms with E-state index < -0.39 is 14.9 Å². The van der Waals surface area contributed by atoms with Gasteiger partial charge in [-0.15, -0.1) is 0 Å². The molecule has 2 unspecified atom stereocenters. The smallest absolute Gasteiger partial charge is 0.258 e. The van der Waals surface area contributed by atoms with E-state index in [1.54, 1.807) is 0 Å². The molecule has 0 bridgehead atoms. The molecule has 3 rings (SSSR count). The van der Waals surface area contributed by atoms with Crippen molar-refractivity contribution in [3.05, 3.63) is 33.3 Å². The van der Waals surface area contributed by atoms with E-state index in [1.165, 1.54) is 16.4 Å². The molecule has 2 fully saturated rings. The maximum absolute atomic E-state index is 12.6. The van der Waals surface area contributed by atoms with Crippen LogP contribution in [-0.4, -0.2) is 30.7 Å². The Hall–Kier alpha value is -1.18. The van der Waals surface area contributed by atoms with Gasteiger partial charge in [0.15, 0.2) is 0 Å². The molecule has 1 aromatic rings. The van der Waals surface area contributed by atoms with Crippen LogP contribution in [0.25, 0.3) is 0 Å². The highest BCUT2D eigenvalue weighted by Gasteiger charge is 2.41. The normalized spacial score (nSPS) is 26.0. The van der Waals surface area contributed by atoms with Crippen molar-refractivity contribution in [2.45, 2.75) is 24.2 Å². The molecule has 1 aliphatic carbocycles. The predicted molar refractivity (Wildman–Crippen MR) is 77.7 cm³/mol. The van der Waals surface area contributed by atoms with Crippen molar-refractivity contribution in [3.63, 3.8) is 0 Å². The first-order valence-electron chi connectivity index (χ1n) is 6.83. The van der Waals surface area contributed by atoms with Gasteiger partial charge in [-0.25, -0.2) is 8.42 Å². The quantitative estimate of drug-likeness (QED) is 0.630. The highest BCUT2D eigenvalue weighted by molar-refractivity contribution is 7.89. The fourth-order valence-electron chi connectivity index (χ4n) is 3.33. The summed E-state index contributed by atoms with van der Waals surface area (Å²) in [6.45, 7) is 1.03. The molecule has 114 valence electrons. The van der Waals surface area contributed by atoms with Crippen molar-refractivity contribution in [2.24, 2.45) is 11.8 Å². The van der Waals surface area contributed by atoms with Gasteiger partial charge in [-0.2, -0.15) is 4.31 Å². The SMILES string of the molecule is O=[N+]([O-])c1cc(S(=O)(=O)N2CC3CCCC3C2)ccc1Cl. The van der Waals surface area contributed by atoms with Crippen molar-refractivity contribution in [1.29, 1.82) is 0 Å². The first kappa shape index (κ1) is 14.7. The molecule has 1 aromatic carbocycles. The minimum Gasteiger partial charge on any atom is -0.258 e. The third-order valence-corrected chi connectivity index (χ3v) is 6.59. The number of benzene rings is 1. The van der Waals surface area contributed by atoms with Crippen LogP contribution in [0, 0.1) is 22.0 Å². The van der Waals surface area contributed by atoms with E-state index in [1.807, 2.05) is 0 Å². The van der Waals surface area contributed by atoms with Gasteiger partial charge in [-0.3, -0.25) is 10.1 Å². The summed E-state index contributed by atoms with van der Waals surface area (Å²) in [7, 11) is -3.68. The van der Waals surface area contributed by atoms with Crippen LogP contribution >= 0.6 is 11.6 Å². The zero-order valence-corrected chi connectivity index (χ0v) is 12.8. The van der Waals surface area contributed by atoms with E-state index in [9.17, 15) is 18.5 Å². The van der Waals surface area contributed by atoms with Crippen LogP contribution in [0.5, 0.6) is 0 Å². The van der Waals surface area contributed by atoms with Crippen LogP contribution in [0.3, 0.4) is 0 Å². The summed E-state index contributed by atoms with van der Waals surface area (Å²) in [6.07, 6.45) is 3.30. The fraction of sp³-hybridized carbons (Fsp3) is 0.538. The average molecular weight is 331 g/mol. The van der Waals surface area contributed by atoms with Gasteiger partial charge < -0.3 is 0 Å². The van der Waals surface area contributed by atoms with Crippen LogP contribution in [0.15, 0.2) is 23.1 Å². The maximum Gasteiger partial charge on any atom is 0.289 e. The molecule has 0 spiro atoms. The molecule has 8 heteroatoms. The lowest BCUT2D eigenvalue weighted by atomic mass is 10.0. The minimum absolute atomic E-state index is 0.0569. The van der Waals surface area contributed by atoms with E-state index in [0.717, 1.165) is 25.3 Å². The van der Waals surface area contributed by atoms with E-state index in [-0.39, 0.29) is 15.6 Å². The van der Waals surface area contributed by atoms with Gasteiger partial charge in [0.05, 0.1) is 9.82 Å². The monoisotopic (exact) mass is 330 g/mol. The Bertz CT molecular complexity index is 679. The van der Waals surface area contributed by atoms with Crippen LogP contribution in [0.4, 0.5) is 5.69 Å². The Kier molecular flexibility index (Phi) is 3.67. The van der Waals surface area contributed by atoms with Gasteiger partial charge in [0.25, 0.3) is 5.69 Å². The van der Waals surface area contributed by atoms with Gasteiger partial charge in [0, 0.05) is 19.2 Å². The first-order chi connectivity index (χ1) is 9.89. The fourth-order valence-corrected chi connectivity index (χ4v) is 5.09. The molecule has 2 atom stereocenters. The van der Waals surface area contributed by atoms with E-state index in [0.29, 0.717) is 24.9 Å². The van der Waals surface area contributed by atoms with Crippen molar-refractivity contribution in [1.82, 2.24) is 4.31 Å². The summed E-state index contributed by atoms with van der Waals surface area (Å²) in [5.74, 6) is 0.865. The molecule has 1 heterocycles. The van der Waals surface area contributed by atoms with Crippen LogP contribution < -0.4 is 0 Å². The number of nitro benzene ring substituents is 1. The predicted octanol–water partition coefficient (Wildman–Crippen LogP) is 2.67. The topological polar surface area (TPSA) is 80.5 Å². The van der Waals surface area contributed by atoms with E-state index in [4.69, 9.17) is 11.6 Å². The molecule has 21 heavy (non-hydrogen) atoms. The van der Waals surface area contributed by atoms with Crippen molar-refractivity contribution >= 4 is 27.3 Å². The second-order valence-electron chi connectivity index (χ2n) is 5.64. The standard InChI is InChI=1S/C13H15ClN2O4S/c14-12-5-4-11(6-13(12)16(17)18)21(19,20)15-7-9-2-1-3-10(9)8-15/h4-6,9-10H,1-3,7-8H2. The lowest BCUT2D eigenvalue weighted by Crippen LogP contribution is -2.29. The summed E-state index contributed by atoms with van der Waals surface area (Å²) in [6, 6.07) is 3.65. The number of fused-ring (bicyclic) bond motifs is 1. The molecule has 1 aliphatic heterocycles. The zero-order valence-electron chi connectivity index (χ0n) is 11.2. The Morgan fingerprint density at radius 3 is 2.43 bits per heavy atom. The van der Waals surface area contributed by atoms with Gasteiger partial charge in [-0.05, 0) is 36.8 Å². The number of hydrogen-bond acceptors (Lipinski definition) is 4. The third kappa shape index (κ3) is 2.54. The van der Waals surface area contributed by atoms with Gasteiger partial charge in [0.2, 0.25) is 10.0 Å². The molecular formula is C13H15ClN2O4S. The molecular weight excluding hydrogens is 316 g/mol. The maximum atomic E-state index is 12.6. The highest BCUT2D eigenvalue weighted by atomic mass is 35.5. The zero-order chi connectivity index (χ0) is 15.2. The second kappa shape index (κ2) is 5.23. The number of rotatable bonds is 3. The summed E-state index contributed by atoms with van der Waals surface area (Å²) >= 11 is 5.73. The summed E-state index contributed by atoms with van der Waals surface area (Å²) in [4.78, 5) is 10.2. The highest BCUT2D eigenvalue weighted by Crippen LogP contribution is 2.40. The Morgan fingerprint density at radius 2 is 1.86 bits per heavy atom. The molecule has 0 radical (unpaired) electrons. The molecule has 2 aliphatic rings. The van der Waals surface area contributed by atoms with E-state index in [2.05, 4.69) is 0 Å². The average Bonchev–Trinajstić information content (AvgIpc) is 2.99. The number of hydrogen-bond donors (Lipinski definition) is 0. The molecule has 0 aromatic heterocycles. The lowest BCUT2D eigenvalue weighted by Gasteiger charge is -2.17. The Morgan fingerprint density at radius 1 is 1.24 bits per heavy atom. The number of nitro groups is 1. The molecule has 6 nitrogen and oxygen atoms in total. The Balaban J connectivity index is 1.92. The minimum atomic E-state index is -3.68. The van der Waals surface area contributed by atoms with Gasteiger partial charge >= 0.3 is 0 Å². The summed E-state index contributed by atoms with van der Waals surface area (Å²) < 4.78 is 26.7. The van der Waals surface area contributed by atoms with Crippen molar-refractivity contribution < 1.29 is 13.3 Å². The van der Waals surface area contributed by atoms with Gasteiger partial charge in [-0.1, -0.05) is 18.0 Å². The number of halogens is 1. The number of nitrogens with zero attached hydrogens (tertiary/aromatic N) is 2. The molecule has 0 N–H and O–H groups in total. The summed E-state index contributed by atoms with van der Waals surface area (Å²) in [5, 5.41) is 10.8. The lowest BCUT2D eigenvalue weighted by molar-refractivity contribution is -0.384. The van der Waals surface area contributed by atoms with Crippen LogP contribution in [0.1, 0.15) is 19.3 Å².